The first-order valence-corrected chi connectivity index (χ1v) is 7.46. The highest BCUT2D eigenvalue weighted by Crippen LogP contribution is 2.18. The fourth-order valence-corrected chi connectivity index (χ4v) is 2.89. The zero-order valence-corrected chi connectivity index (χ0v) is 11.3. The quantitative estimate of drug-likeness (QED) is 0.656. The van der Waals surface area contributed by atoms with E-state index >= 15 is 0 Å². The van der Waals surface area contributed by atoms with Crippen LogP contribution in [-0.2, 0) is 10.2 Å². The molecule has 0 aromatic carbocycles. The molecule has 0 radical (unpaired) electrons. The Hall–Kier alpha value is -0.430. The zero-order chi connectivity index (χ0) is 12.9. The van der Waals surface area contributed by atoms with Crippen molar-refractivity contribution < 1.29 is 13.5 Å². The first-order valence-electron chi connectivity index (χ1n) is 6.02. The first-order chi connectivity index (χ1) is 7.99. The molecule has 100 valence electrons. The fourth-order valence-electron chi connectivity index (χ4n) is 1.78. The summed E-state index contributed by atoms with van der Waals surface area (Å²) in [5, 5.41) is 8.97. The summed E-state index contributed by atoms with van der Waals surface area (Å²) < 4.78 is 27.8. The van der Waals surface area contributed by atoms with Crippen LogP contribution in [-0.4, -0.2) is 44.1 Å². The van der Waals surface area contributed by atoms with Crippen LogP contribution >= 0.6 is 0 Å². The number of aliphatic hydroxyl groups is 1. The third-order valence-corrected chi connectivity index (χ3v) is 4.55. The largest absolute Gasteiger partial charge is 0.396 e. The number of aliphatic hydroxyl groups excluding tert-OH is 1. The van der Waals surface area contributed by atoms with E-state index in [1.807, 2.05) is 19.1 Å². The molecule has 6 heteroatoms. The molecule has 0 saturated heterocycles. The number of nitrogens with zero attached hydrogens (tertiary/aromatic N) is 1. The SMILES string of the molecule is CCCCN(C)S(=O)(=O)N[C@@H]1C=C[C@H](CO)C1. The molecule has 0 unspecified atom stereocenters. The van der Waals surface area contributed by atoms with E-state index in [-0.39, 0.29) is 18.6 Å². The van der Waals surface area contributed by atoms with Crippen molar-refractivity contribution in [3.05, 3.63) is 12.2 Å². The van der Waals surface area contributed by atoms with Crippen molar-refractivity contribution in [3.63, 3.8) is 0 Å². The summed E-state index contributed by atoms with van der Waals surface area (Å²) in [6.45, 7) is 2.63. The van der Waals surface area contributed by atoms with E-state index in [4.69, 9.17) is 5.11 Å². The minimum Gasteiger partial charge on any atom is -0.396 e. The Morgan fingerprint density at radius 3 is 2.71 bits per heavy atom. The predicted octanol–water partition coefficient (Wildman–Crippen LogP) is 0.490. The molecule has 17 heavy (non-hydrogen) atoms. The molecular weight excluding hydrogens is 240 g/mol. The summed E-state index contributed by atoms with van der Waals surface area (Å²) in [6.07, 6.45) is 6.13. The van der Waals surface area contributed by atoms with Crippen LogP contribution in [0.4, 0.5) is 0 Å². The van der Waals surface area contributed by atoms with E-state index in [1.165, 1.54) is 4.31 Å². The van der Waals surface area contributed by atoms with Gasteiger partial charge in [0, 0.05) is 32.2 Å². The van der Waals surface area contributed by atoms with Gasteiger partial charge in [0.15, 0.2) is 0 Å². The van der Waals surface area contributed by atoms with Gasteiger partial charge in [-0.3, -0.25) is 0 Å². The molecule has 2 N–H and O–H groups in total. The number of nitrogens with one attached hydrogen (secondary N) is 1. The van der Waals surface area contributed by atoms with E-state index in [0.29, 0.717) is 13.0 Å². The van der Waals surface area contributed by atoms with Crippen LogP contribution in [0.2, 0.25) is 0 Å². The van der Waals surface area contributed by atoms with Crippen LogP contribution in [0.5, 0.6) is 0 Å². The third kappa shape index (κ3) is 4.39. The van der Waals surface area contributed by atoms with Crippen LogP contribution in [0.15, 0.2) is 12.2 Å². The van der Waals surface area contributed by atoms with Gasteiger partial charge < -0.3 is 5.11 Å². The second-order valence-corrected chi connectivity index (χ2v) is 6.28. The maximum Gasteiger partial charge on any atom is 0.279 e. The van der Waals surface area contributed by atoms with Gasteiger partial charge in [-0.15, -0.1) is 0 Å². The van der Waals surface area contributed by atoms with Crippen molar-refractivity contribution in [2.24, 2.45) is 5.92 Å². The number of hydrogen-bond acceptors (Lipinski definition) is 3. The van der Waals surface area contributed by atoms with Crippen molar-refractivity contribution in [1.82, 2.24) is 9.03 Å². The van der Waals surface area contributed by atoms with Crippen molar-refractivity contribution in [3.8, 4) is 0 Å². The maximum atomic E-state index is 11.9. The van der Waals surface area contributed by atoms with E-state index in [1.54, 1.807) is 7.05 Å². The Balaban J connectivity index is 2.47. The summed E-state index contributed by atoms with van der Waals surface area (Å²) >= 11 is 0. The minimum atomic E-state index is -3.40. The lowest BCUT2D eigenvalue weighted by Gasteiger charge is -2.20. The molecule has 5 nitrogen and oxygen atoms in total. The molecular formula is C11H22N2O3S. The number of unbranched alkanes of at least 4 members (excludes halogenated alkanes) is 1. The lowest BCUT2D eigenvalue weighted by atomic mass is 10.1. The van der Waals surface area contributed by atoms with Crippen molar-refractivity contribution in [1.29, 1.82) is 0 Å². The lowest BCUT2D eigenvalue weighted by molar-refractivity contribution is 0.248. The number of rotatable bonds is 7. The van der Waals surface area contributed by atoms with Gasteiger partial charge in [0.2, 0.25) is 0 Å². The molecule has 1 aliphatic carbocycles. The average Bonchev–Trinajstić information content (AvgIpc) is 2.72. The topological polar surface area (TPSA) is 69.6 Å². The Labute approximate surface area is 104 Å². The highest BCUT2D eigenvalue weighted by molar-refractivity contribution is 7.87. The van der Waals surface area contributed by atoms with Gasteiger partial charge in [-0.05, 0) is 12.8 Å². The van der Waals surface area contributed by atoms with E-state index in [9.17, 15) is 8.42 Å². The van der Waals surface area contributed by atoms with Crippen LogP contribution in [0.1, 0.15) is 26.2 Å². The van der Waals surface area contributed by atoms with Crippen molar-refractivity contribution >= 4 is 10.2 Å². The smallest absolute Gasteiger partial charge is 0.279 e. The second kappa shape index (κ2) is 6.49. The van der Waals surface area contributed by atoms with Gasteiger partial charge in [-0.25, -0.2) is 0 Å². The van der Waals surface area contributed by atoms with Crippen molar-refractivity contribution in [2.45, 2.75) is 32.2 Å². The number of hydrogen-bond donors (Lipinski definition) is 2. The highest BCUT2D eigenvalue weighted by atomic mass is 32.2. The maximum absolute atomic E-state index is 11.9. The molecule has 1 rings (SSSR count). The summed E-state index contributed by atoms with van der Waals surface area (Å²) in [5.74, 6) is 0.0728. The van der Waals surface area contributed by atoms with Gasteiger partial charge in [0.1, 0.15) is 0 Å². The molecule has 0 saturated carbocycles. The van der Waals surface area contributed by atoms with Crippen LogP contribution in [0.3, 0.4) is 0 Å². The average molecular weight is 262 g/mol. The van der Waals surface area contributed by atoms with Gasteiger partial charge in [-0.1, -0.05) is 25.5 Å². The Morgan fingerprint density at radius 2 is 2.18 bits per heavy atom. The molecule has 2 atom stereocenters. The van der Waals surface area contributed by atoms with Gasteiger partial charge in [-0.2, -0.15) is 17.4 Å². The normalized spacial score (nSPS) is 24.7. The van der Waals surface area contributed by atoms with E-state index in [0.717, 1.165) is 12.8 Å². The highest BCUT2D eigenvalue weighted by Gasteiger charge is 2.25. The van der Waals surface area contributed by atoms with Crippen LogP contribution < -0.4 is 4.72 Å². The van der Waals surface area contributed by atoms with Gasteiger partial charge >= 0.3 is 0 Å². The summed E-state index contributed by atoms with van der Waals surface area (Å²) in [4.78, 5) is 0. The predicted molar refractivity (Wildman–Crippen MR) is 67.7 cm³/mol. The molecule has 1 aliphatic rings. The Kier molecular flexibility index (Phi) is 5.58. The minimum absolute atomic E-state index is 0.0698. The van der Waals surface area contributed by atoms with E-state index in [2.05, 4.69) is 4.72 Å². The van der Waals surface area contributed by atoms with Gasteiger partial charge in [0.25, 0.3) is 10.2 Å². The molecule has 0 aromatic heterocycles. The molecule has 0 fully saturated rings. The zero-order valence-electron chi connectivity index (χ0n) is 10.5. The molecule has 0 spiro atoms. The lowest BCUT2D eigenvalue weighted by Crippen LogP contribution is -2.43. The molecule has 0 bridgehead atoms. The standard InChI is InChI=1S/C11H22N2O3S/c1-3-4-7-13(2)17(15,16)12-11-6-5-10(8-11)9-14/h5-6,10-12,14H,3-4,7-9H2,1-2H3/t10-,11+/m0/s1. The first kappa shape index (κ1) is 14.6. The Bertz CT molecular complexity index is 354. The Morgan fingerprint density at radius 1 is 1.47 bits per heavy atom. The fraction of sp³-hybridized carbons (Fsp3) is 0.818. The van der Waals surface area contributed by atoms with E-state index < -0.39 is 10.2 Å². The van der Waals surface area contributed by atoms with Crippen molar-refractivity contribution in [2.75, 3.05) is 20.2 Å². The third-order valence-electron chi connectivity index (χ3n) is 2.94. The van der Waals surface area contributed by atoms with Gasteiger partial charge in [0.05, 0.1) is 0 Å². The summed E-state index contributed by atoms with van der Waals surface area (Å²) in [5.41, 5.74) is 0. The molecule has 0 aromatic rings. The molecule has 0 aliphatic heterocycles. The second-order valence-electron chi connectivity index (χ2n) is 4.47. The van der Waals surface area contributed by atoms with Crippen LogP contribution in [0.25, 0.3) is 0 Å². The summed E-state index contributed by atoms with van der Waals surface area (Å²) in [6, 6.07) is -0.193. The van der Waals surface area contributed by atoms with Crippen LogP contribution in [0, 0.1) is 5.92 Å². The monoisotopic (exact) mass is 262 g/mol. The summed E-state index contributed by atoms with van der Waals surface area (Å²) in [7, 11) is -1.81. The molecule has 0 amide bonds. The molecule has 0 heterocycles.